The van der Waals surface area contributed by atoms with Crippen molar-refractivity contribution in [3.63, 3.8) is 0 Å². The van der Waals surface area contributed by atoms with Gasteiger partial charge in [-0.2, -0.15) is 0 Å². The molecule has 1 unspecified atom stereocenters. The molecule has 1 atom stereocenters. The van der Waals surface area contributed by atoms with Crippen molar-refractivity contribution in [2.24, 2.45) is 5.92 Å². The van der Waals surface area contributed by atoms with E-state index in [0.29, 0.717) is 6.54 Å². The molecule has 1 aromatic carbocycles. The zero-order valence-corrected chi connectivity index (χ0v) is 14.1. The number of amides is 2. The van der Waals surface area contributed by atoms with Crippen LogP contribution in [-0.4, -0.2) is 37.6 Å². The van der Waals surface area contributed by atoms with Crippen LogP contribution in [0.3, 0.4) is 0 Å². The standard InChI is InChI=1S/C18H25N3O3/c1-12-15(5-2-6-16(12)21-18(23)13-7-8-13)19-11-17(22)20-10-14-4-3-9-24-14/h2,5-6,13-14,19H,3-4,7-11H2,1H3,(H,20,22)(H,21,23). The molecular weight excluding hydrogens is 306 g/mol. The van der Waals surface area contributed by atoms with Gasteiger partial charge in [-0.3, -0.25) is 9.59 Å². The Morgan fingerprint density at radius 3 is 2.71 bits per heavy atom. The number of ether oxygens (including phenoxy) is 1. The number of carbonyl (C=O) groups excluding carboxylic acids is 2. The minimum atomic E-state index is -0.0580. The van der Waals surface area contributed by atoms with E-state index in [9.17, 15) is 9.59 Å². The third-order valence-corrected chi connectivity index (χ3v) is 4.53. The number of hydrogen-bond donors (Lipinski definition) is 3. The summed E-state index contributed by atoms with van der Waals surface area (Å²) < 4.78 is 5.49. The average Bonchev–Trinajstić information content (AvgIpc) is 3.30. The molecule has 0 aromatic heterocycles. The van der Waals surface area contributed by atoms with Gasteiger partial charge in [-0.05, 0) is 50.3 Å². The van der Waals surface area contributed by atoms with Crippen molar-refractivity contribution in [1.29, 1.82) is 0 Å². The number of hydrogen-bond acceptors (Lipinski definition) is 4. The molecule has 3 N–H and O–H groups in total. The summed E-state index contributed by atoms with van der Waals surface area (Å²) in [6.45, 7) is 3.50. The molecule has 1 saturated carbocycles. The topological polar surface area (TPSA) is 79.5 Å². The van der Waals surface area contributed by atoms with E-state index in [1.165, 1.54) is 0 Å². The Morgan fingerprint density at radius 2 is 2.00 bits per heavy atom. The summed E-state index contributed by atoms with van der Waals surface area (Å²) in [5.74, 6) is 0.200. The first-order chi connectivity index (χ1) is 11.6. The number of anilines is 2. The molecular formula is C18H25N3O3. The lowest BCUT2D eigenvalue weighted by Crippen LogP contribution is -2.35. The van der Waals surface area contributed by atoms with Crippen molar-refractivity contribution in [1.82, 2.24) is 5.32 Å². The fourth-order valence-electron chi connectivity index (χ4n) is 2.81. The summed E-state index contributed by atoms with van der Waals surface area (Å²) in [4.78, 5) is 23.9. The predicted octanol–water partition coefficient (Wildman–Crippen LogP) is 2.05. The second-order valence-corrected chi connectivity index (χ2v) is 6.53. The van der Waals surface area contributed by atoms with Crippen LogP contribution in [0.15, 0.2) is 18.2 Å². The molecule has 1 aliphatic heterocycles. The number of rotatable bonds is 7. The maximum Gasteiger partial charge on any atom is 0.239 e. The van der Waals surface area contributed by atoms with Crippen molar-refractivity contribution in [3.05, 3.63) is 23.8 Å². The molecule has 6 nitrogen and oxygen atoms in total. The first-order valence-corrected chi connectivity index (χ1v) is 8.66. The van der Waals surface area contributed by atoms with Gasteiger partial charge in [0.15, 0.2) is 0 Å². The van der Waals surface area contributed by atoms with Crippen molar-refractivity contribution < 1.29 is 14.3 Å². The molecule has 2 fully saturated rings. The maximum absolute atomic E-state index is 11.9. The van der Waals surface area contributed by atoms with Gasteiger partial charge in [0.25, 0.3) is 0 Å². The highest BCUT2D eigenvalue weighted by molar-refractivity contribution is 5.95. The number of benzene rings is 1. The second kappa shape index (κ2) is 7.66. The third-order valence-electron chi connectivity index (χ3n) is 4.53. The van der Waals surface area contributed by atoms with Crippen molar-refractivity contribution in [2.45, 2.75) is 38.7 Å². The van der Waals surface area contributed by atoms with Gasteiger partial charge in [0, 0.05) is 30.4 Å². The summed E-state index contributed by atoms with van der Waals surface area (Å²) in [6, 6.07) is 5.68. The second-order valence-electron chi connectivity index (χ2n) is 6.53. The predicted molar refractivity (Wildman–Crippen MR) is 93.0 cm³/mol. The minimum Gasteiger partial charge on any atom is -0.376 e. The SMILES string of the molecule is Cc1c(NCC(=O)NCC2CCCO2)cccc1NC(=O)C1CC1. The van der Waals surface area contributed by atoms with Crippen LogP contribution in [0.25, 0.3) is 0 Å². The highest BCUT2D eigenvalue weighted by Crippen LogP contribution is 2.31. The van der Waals surface area contributed by atoms with E-state index in [1.807, 2.05) is 25.1 Å². The smallest absolute Gasteiger partial charge is 0.239 e. The van der Waals surface area contributed by atoms with E-state index >= 15 is 0 Å². The fourth-order valence-corrected chi connectivity index (χ4v) is 2.81. The lowest BCUT2D eigenvalue weighted by Gasteiger charge is -2.15. The molecule has 1 saturated heterocycles. The Kier molecular flexibility index (Phi) is 5.35. The molecule has 0 bridgehead atoms. The minimum absolute atomic E-state index is 0.0580. The van der Waals surface area contributed by atoms with Crippen LogP contribution in [0.2, 0.25) is 0 Å². The molecule has 2 amide bonds. The lowest BCUT2D eigenvalue weighted by atomic mass is 10.1. The van der Waals surface area contributed by atoms with E-state index in [-0.39, 0.29) is 30.4 Å². The monoisotopic (exact) mass is 331 g/mol. The molecule has 6 heteroatoms. The Bertz CT molecular complexity index is 608. The maximum atomic E-state index is 11.9. The van der Waals surface area contributed by atoms with E-state index in [2.05, 4.69) is 16.0 Å². The molecule has 3 rings (SSSR count). The molecule has 24 heavy (non-hydrogen) atoms. The van der Waals surface area contributed by atoms with E-state index in [1.54, 1.807) is 0 Å². The van der Waals surface area contributed by atoms with Gasteiger partial charge >= 0.3 is 0 Å². The molecule has 1 aliphatic carbocycles. The van der Waals surface area contributed by atoms with E-state index in [4.69, 9.17) is 4.74 Å². The van der Waals surface area contributed by atoms with Crippen LogP contribution in [0.5, 0.6) is 0 Å². The Hall–Kier alpha value is -2.08. The molecule has 1 heterocycles. The average molecular weight is 331 g/mol. The van der Waals surface area contributed by atoms with Gasteiger partial charge in [0.2, 0.25) is 11.8 Å². The summed E-state index contributed by atoms with van der Waals surface area (Å²) in [5, 5.41) is 9.00. The van der Waals surface area contributed by atoms with E-state index in [0.717, 1.165) is 49.2 Å². The quantitative estimate of drug-likeness (QED) is 0.714. The highest BCUT2D eigenvalue weighted by atomic mass is 16.5. The van der Waals surface area contributed by atoms with Crippen LogP contribution >= 0.6 is 0 Å². The van der Waals surface area contributed by atoms with Crippen LogP contribution < -0.4 is 16.0 Å². The fraction of sp³-hybridized carbons (Fsp3) is 0.556. The third kappa shape index (κ3) is 4.47. The van der Waals surface area contributed by atoms with Gasteiger partial charge in [0.05, 0.1) is 12.6 Å². The zero-order valence-electron chi connectivity index (χ0n) is 14.1. The number of nitrogens with one attached hydrogen (secondary N) is 3. The van der Waals surface area contributed by atoms with Crippen LogP contribution in [0.1, 0.15) is 31.2 Å². The molecule has 0 radical (unpaired) electrons. The van der Waals surface area contributed by atoms with Crippen molar-refractivity contribution in [2.75, 3.05) is 30.3 Å². The van der Waals surface area contributed by atoms with Crippen LogP contribution in [0.4, 0.5) is 11.4 Å². The highest BCUT2D eigenvalue weighted by Gasteiger charge is 2.29. The van der Waals surface area contributed by atoms with Crippen LogP contribution in [0, 0.1) is 12.8 Å². The van der Waals surface area contributed by atoms with Crippen molar-refractivity contribution in [3.8, 4) is 0 Å². The Balaban J connectivity index is 1.48. The summed E-state index contributed by atoms with van der Waals surface area (Å²) in [7, 11) is 0. The molecule has 2 aliphatic rings. The molecule has 0 spiro atoms. The molecule has 1 aromatic rings. The molecule has 130 valence electrons. The summed E-state index contributed by atoms with van der Waals surface area (Å²) in [6.07, 6.45) is 4.19. The van der Waals surface area contributed by atoms with Crippen molar-refractivity contribution >= 4 is 23.2 Å². The van der Waals surface area contributed by atoms with Gasteiger partial charge in [0.1, 0.15) is 0 Å². The normalized spacial score (nSPS) is 19.8. The van der Waals surface area contributed by atoms with Gasteiger partial charge in [-0.25, -0.2) is 0 Å². The summed E-state index contributed by atoms with van der Waals surface area (Å²) in [5.41, 5.74) is 2.60. The Morgan fingerprint density at radius 1 is 1.21 bits per heavy atom. The first-order valence-electron chi connectivity index (χ1n) is 8.66. The lowest BCUT2D eigenvalue weighted by molar-refractivity contribution is -0.120. The first kappa shape index (κ1) is 16.8. The van der Waals surface area contributed by atoms with Gasteiger partial charge in [-0.15, -0.1) is 0 Å². The van der Waals surface area contributed by atoms with Gasteiger partial charge < -0.3 is 20.7 Å². The largest absolute Gasteiger partial charge is 0.376 e. The Labute approximate surface area is 142 Å². The number of carbonyl (C=O) groups is 2. The van der Waals surface area contributed by atoms with Gasteiger partial charge in [-0.1, -0.05) is 6.07 Å². The zero-order chi connectivity index (χ0) is 16.9. The van der Waals surface area contributed by atoms with Crippen LogP contribution in [-0.2, 0) is 14.3 Å². The summed E-state index contributed by atoms with van der Waals surface area (Å²) >= 11 is 0. The van der Waals surface area contributed by atoms with E-state index < -0.39 is 0 Å².